The predicted molar refractivity (Wildman–Crippen MR) is 124 cm³/mol. The summed E-state index contributed by atoms with van der Waals surface area (Å²) >= 11 is 0. The largest absolute Gasteiger partial charge is 0.493 e. The lowest BCUT2D eigenvalue weighted by Crippen LogP contribution is -2.59. The van der Waals surface area contributed by atoms with E-state index in [4.69, 9.17) is 28.1 Å². The van der Waals surface area contributed by atoms with Crippen LogP contribution >= 0.6 is 0 Å². The number of methoxy groups -OCH3 is 1. The van der Waals surface area contributed by atoms with Crippen LogP contribution in [0.4, 0.5) is 0 Å². The molecule has 11 heteroatoms. The van der Waals surface area contributed by atoms with E-state index in [2.05, 4.69) is 0 Å². The Balaban J connectivity index is 1.29. The number of aliphatic hydroxyl groups excluding tert-OH is 5. The summed E-state index contributed by atoms with van der Waals surface area (Å²) in [4.78, 5) is 0. The highest BCUT2D eigenvalue weighted by Crippen LogP contribution is 2.40. The van der Waals surface area contributed by atoms with Crippen LogP contribution in [-0.2, 0) is 9.47 Å². The van der Waals surface area contributed by atoms with Gasteiger partial charge in [-0.3, -0.25) is 0 Å². The molecule has 1 saturated heterocycles. The van der Waals surface area contributed by atoms with Gasteiger partial charge in [0.2, 0.25) is 6.79 Å². The molecule has 6 atom stereocenters. The SMILES string of the molecule is COc1cc(C(O)CCO[C@@H]2O[C@H](CO)[C@@H](O)[C@H](O)[C@H]2O)cc2cc(-c3ccc4c(c3)OCO4)oc12. The predicted octanol–water partition coefficient (Wildman–Crippen LogP) is 1.08. The molecule has 194 valence electrons. The smallest absolute Gasteiger partial charge is 0.231 e. The van der Waals surface area contributed by atoms with Gasteiger partial charge in [-0.25, -0.2) is 0 Å². The van der Waals surface area contributed by atoms with Crippen molar-refractivity contribution in [3.63, 3.8) is 0 Å². The maximum Gasteiger partial charge on any atom is 0.231 e. The summed E-state index contributed by atoms with van der Waals surface area (Å²) in [6.07, 6.45) is -7.64. The van der Waals surface area contributed by atoms with E-state index in [1.165, 1.54) is 7.11 Å². The second-order valence-corrected chi connectivity index (χ2v) is 8.69. The lowest BCUT2D eigenvalue weighted by atomic mass is 9.99. The molecule has 0 amide bonds. The Labute approximate surface area is 206 Å². The van der Waals surface area contributed by atoms with Crippen LogP contribution in [0.5, 0.6) is 17.2 Å². The second kappa shape index (κ2) is 10.2. The molecule has 0 bridgehead atoms. The van der Waals surface area contributed by atoms with Crippen molar-refractivity contribution in [3.05, 3.63) is 42.0 Å². The first kappa shape index (κ1) is 24.8. The van der Waals surface area contributed by atoms with Gasteiger partial charge in [-0.1, -0.05) is 0 Å². The van der Waals surface area contributed by atoms with Crippen LogP contribution in [0.3, 0.4) is 0 Å². The number of furan rings is 1. The quantitative estimate of drug-likeness (QED) is 0.299. The van der Waals surface area contributed by atoms with E-state index in [0.717, 1.165) is 10.9 Å². The van der Waals surface area contributed by atoms with Gasteiger partial charge in [-0.05, 0) is 42.0 Å². The Kier molecular flexibility index (Phi) is 7.04. The van der Waals surface area contributed by atoms with Crippen molar-refractivity contribution in [1.82, 2.24) is 0 Å². The van der Waals surface area contributed by atoms with E-state index in [9.17, 15) is 25.5 Å². The van der Waals surface area contributed by atoms with E-state index in [0.29, 0.717) is 34.2 Å². The standard InChI is InChI=1S/C25H28O11/c1-31-19-8-13(15(27)4-5-32-25-23(30)22(29)21(28)20(10-26)36-25)6-14-9-17(35-24(14)19)12-2-3-16-18(7-12)34-11-33-16/h2-3,6-9,15,20-23,25-30H,4-5,10-11H2,1H3/t15?,20-,21-,22+,23-,25-/m1/s1. The van der Waals surface area contributed by atoms with E-state index < -0.39 is 43.4 Å². The van der Waals surface area contributed by atoms with Gasteiger partial charge < -0.3 is 53.6 Å². The highest BCUT2D eigenvalue weighted by atomic mass is 16.7. The van der Waals surface area contributed by atoms with Crippen LogP contribution in [0.25, 0.3) is 22.3 Å². The van der Waals surface area contributed by atoms with E-state index >= 15 is 0 Å². The molecule has 36 heavy (non-hydrogen) atoms. The first-order chi connectivity index (χ1) is 17.4. The minimum atomic E-state index is -1.53. The highest BCUT2D eigenvalue weighted by molar-refractivity contribution is 5.88. The van der Waals surface area contributed by atoms with Crippen molar-refractivity contribution >= 4 is 11.0 Å². The Bertz CT molecular complexity index is 1210. The fourth-order valence-electron chi connectivity index (χ4n) is 4.35. The lowest BCUT2D eigenvalue weighted by Gasteiger charge is -2.39. The highest BCUT2D eigenvalue weighted by Gasteiger charge is 2.44. The van der Waals surface area contributed by atoms with Gasteiger partial charge in [0.25, 0.3) is 0 Å². The van der Waals surface area contributed by atoms with Crippen LogP contribution in [0.2, 0.25) is 0 Å². The molecule has 0 radical (unpaired) electrons. The first-order valence-corrected chi connectivity index (χ1v) is 11.5. The third kappa shape index (κ3) is 4.62. The molecular formula is C25H28O11. The fourth-order valence-corrected chi connectivity index (χ4v) is 4.35. The number of aliphatic hydroxyl groups is 5. The summed E-state index contributed by atoms with van der Waals surface area (Å²) in [7, 11) is 1.51. The minimum Gasteiger partial charge on any atom is -0.493 e. The Morgan fingerprint density at radius 2 is 1.81 bits per heavy atom. The topological polar surface area (TPSA) is 160 Å². The van der Waals surface area contributed by atoms with Gasteiger partial charge in [-0.15, -0.1) is 0 Å². The summed E-state index contributed by atoms with van der Waals surface area (Å²) in [6.45, 7) is -0.404. The molecule has 11 nitrogen and oxygen atoms in total. The minimum absolute atomic E-state index is 0.0297. The molecule has 1 aromatic heterocycles. The number of hydrogen-bond acceptors (Lipinski definition) is 11. The van der Waals surface area contributed by atoms with E-state index in [1.54, 1.807) is 12.1 Å². The maximum atomic E-state index is 10.8. The van der Waals surface area contributed by atoms with Crippen molar-refractivity contribution < 1.29 is 53.6 Å². The Hall–Kier alpha value is -2.90. The monoisotopic (exact) mass is 504 g/mol. The molecule has 2 aliphatic heterocycles. The summed E-state index contributed by atoms with van der Waals surface area (Å²) in [5.41, 5.74) is 1.89. The molecular weight excluding hydrogens is 476 g/mol. The molecule has 1 fully saturated rings. The van der Waals surface area contributed by atoms with Crippen LogP contribution in [0.15, 0.2) is 40.8 Å². The first-order valence-electron chi connectivity index (χ1n) is 11.5. The van der Waals surface area contributed by atoms with E-state index in [1.807, 2.05) is 24.3 Å². The normalized spacial score (nSPS) is 26.3. The molecule has 2 aliphatic rings. The lowest BCUT2D eigenvalue weighted by molar-refractivity contribution is -0.301. The zero-order valence-corrected chi connectivity index (χ0v) is 19.4. The van der Waals surface area contributed by atoms with Crippen molar-refractivity contribution in [1.29, 1.82) is 0 Å². The number of rotatable bonds is 8. The summed E-state index contributed by atoms with van der Waals surface area (Å²) in [6, 6.07) is 10.8. The average molecular weight is 504 g/mol. The van der Waals surface area contributed by atoms with E-state index in [-0.39, 0.29) is 19.8 Å². The Morgan fingerprint density at radius 3 is 2.58 bits per heavy atom. The molecule has 5 rings (SSSR count). The zero-order chi connectivity index (χ0) is 25.4. The van der Waals surface area contributed by atoms with Crippen molar-refractivity contribution in [3.8, 4) is 28.6 Å². The fraction of sp³-hybridized carbons (Fsp3) is 0.440. The molecule has 3 heterocycles. The molecule has 3 aromatic rings. The molecule has 0 aliphatic carbocycles. The van der Waals surface area contributed by atoms with Gasteiger partial charge >= 0.3 is 0 Å². The number of fused-ring (bicyclic) bond motifs is 2. The number of hydrogen-bond donors (Lipinski definition) is 5. The molecule has 0 spiro atoms. The number of benzene rings is 2. The van der Waals surface area contributed by atoms with Crippen LogP contribution in [-0.4, -0.2) is 83.4 Å². The van der Waals surface area contributed by atoms with Crippen molar-refractivity contribution in [2.75, 3.05) is 27.1 Å². The maximum absolute atomic E-state index is 10.8. The molecule has 2 aromatic carbocycles. The van der Waals surface area contributed by atoms with Gasteiger partial charge in [-0.2, -0.15) is 0 Å². The van der Waals surface area contributed by atoms with Crippen molar-refractivity contribution in [2.45, 2.75) is 43.2 Å². The summed E-state index contributed by atoms with van der Waals surface area (Å²) < 4.78 is 33.2. The Morgan fingerprint density at radius 1 is 1.00 bits per heavy atom. The van der Waals surface area contributed by atoms with Gasteiger partial charge in [0.05, 0.1) is 26.4 Å². The molecule has 5 N–H and O–H groups in total. The number of ether oxygens (including phenoxy) is 5. The van der Waals surface area contributed by atoms with Crippen LogP contribution in [0.1, 0.15) is 18.1 Å². The summed E-state index contributed by atoms with van der Waals surface area (Å²) in [5.74, 6) is 2.35. The molecule has 0 saturated carbocycles. The van der Waals surface area contributed by atoms with Gasteiger partial charge in [0, 0.05) is 17.4 Å². The third-order valence-corrected chi connectivity index (χ3v) is 6.39. The summed E-state index contributed by atoms with van der Waals surface area (Å²) in [5, 5.41) is 50.7. The van der Waals surface area contributed by atoms with Crippen molar-refractivity contribution in [2.24, 2.45) is 0 Å². The van der Waals surface area contributed by atoms with Crippen LogP contribution in [0, 0.1) is 0 Å². The third-order valence-electron chi connectivity index (χ3n) is 6.39. The van der Waals surface area contributed by atoms with Gasteiger partial charge in [0.15, 0.2) is 29.1 Å². The zero-order valence-electron chi connectivity index (χ0n) is 19.4. The van der Waals surface area contributed by atoms with Crippen LogP contribution < -0.4 is 14.2 Å². The van der Waals surface area contributed by atoms with Gasteiger partial charge in [0.1, 0.15) is 30.2 Å². The average Bonchev–Trinajstić information content (AvgIpc) is 3.54. The second-order valence-electron chi connectivity index (χ2n) is 8.69. The molecule has 1 unspecified atom stereocenters.